The number of rotatable bonds is 14. The highest BCUT2D eigenvalue weighted by Gasteiger charge is 2.55. The van der Waals surface area contributed by atoms with Crippen molar-refractivity contribution in [3.63, 3.8) is 0 Å². The van der Waals surface area contributed by atoms with E-state index in [1.54, 1.807) is 0 Å². The van der Waals surface area contributed by atoms with Gasteiger partial charge in [0.1, 0.15) is 17.9 Å². The van der Waals surface area contributed by atoms with Gasteiger partial charge < -0.3 is 40.8 Å². The second kappa shape index (κ2) is 14.2. The van der Waals surface area contributed by atoms with Gasteiger partial charge in [-0.15, -0.1) is 23.1 Å². The SMILES string of the molecule is CC(O/N=C(\C(=O)CC1C(=O)N2C(C(=O)O)=C(C[N+]3(CCNC(=O)c4ccc(O)c(O)c4)CCCC3)CSC12)c1csc(N)n1)C(=O)O. The Hall–Kier alpha value is -4.68. The highest BCUT2D eigenvalue weighted by Crippen LogP contribution is 2.46. The number of anilines is 1. The molecule has 18 heteroatoms. The van der Waals surface area contributed by atoms with Crippen molar-refractivity contribution in [1.82, 2.24) is 15.2 Å². The van der Waals surface area contributed by atoms with Crippen LogP contribution in [0.15, 0.2) is 40.0 Å². The summed E-state index contributed by atoms with van der Waals surface area (Å²) in [5.41, 5.74) is 6.18. The van der Waals surface area contributed by atoms with Crippen molar-refractivity contribution in [1.29, 1.82) is 0 Å². The minimum Gasteiger partial charge on any atom is -0.504 e. The molecule has 5 rings (SSSR count). The number of fused-ring (bicyclic) bond motifs is 1. The van der Waals surface area contributed by atoms with Crippen molar-refractivity contribution in [2.75, 3.05) is 44.2 Å². The molecule has 0 spiro atoms. The van der Waals surface area contributed by atoms with Gasteiger partial charge in [0.25, 0.3) is 5.91 Å². The number of aliphatic carboxylic acids is 2. The van der Waals surface area contributed by atoms with Gasteiger partial charge in [0.15, 0.2) is 28.1 Å². The lowest BCUT2D eigenvalue weighted by Gasteiger charge is -2.50. The Morgan fingerprint density at radius 3 is 2.54 bits per heavy atom. The molecule has 4 heterocycles. The summed E-state index contributed by atoms with van der Waals surface area (Å²) in [6, 6.07) is 3.79. The first-order chi connectivity index (χ1) is 22.8. The summed E-state index contributed by atoms with van der Waals surface area (Å²) in [6.45, 7) is 3.92. The lowest BCUT2D eigenvalue weighted by atomic mass is 9.89. The van der Waals surface area contributed by atoms with Crippen LogP contribution in [0.2, 0.25) is 0 Å². The minimum atomic E-state index is -1.35. The lowest BCUT2D eigenvalue weighted by molar-refractivity contribution is -0.911. The molecule has 2 fully saturated rings. The number of oxime groups is 1. The molecule has 16 nitrogen and oxygen atoms in total. The van der Waals surface area contributed by atoms with Crippen LogP contribution in [0.1, 0.15) is 42.2 Å². The zero-order chi connectivity index (χ0) is 34.7. The molecule has 3 atom stereocenters. The Balaban J connectivity index is 1.28. The van der Waals surface area contributed by atoms with Crippen LogP contribution in [0, 0.1) is 5.92 Å². The summed E-state index contributed by atoms with van der Waals surface area (Å²) in [4.78, 5) is 73.5. The number of ketones is 1. The number of thioether (sulfide) groups is 1. The second-order valence-electron chi connectivity index (χ2n) is 11.8. The van der Waals surface area contributed by atoms with E-state index in [4.69, 9.17) is 15.7 Å². The topological polar surface area (TPSA) is 242 Å². The molecule has 2 aromatic rings. The second-order valence-corrected chi connectivity index (χ2v) is 13.8. The Morgan fingerprint density at radius 2 is 1.92 bits per heavy atom. The number of thiazole rings is 1. The summed E-state index contributed by atoms with van der Waals surface area (Å²) >= 11 is 2.41. The van der Waals surface area contributed by atoms with Gasteiger partial charge in [0, 0.05) is 41.5 Å². The molecule has 0 bridgehead atoms. The number of benzene rings is 1. The van der Waals surface area contributed by atoms with Gasteiger partial charge in [-0.05, 0) is 25.1 Å². The molecule has 2 amide bonds. The molecule has 2 saturated heterocycles. The molecule has 3 aliphatic rings. The van der Waals surface area contributed by atoms with Crippen molar-refractivity contribution < 1.29 is 53.7 Å². The molecule has 48 heavy (non-hydrogen) atoms. The first-order valence-electron chi connectivity index (χ1n) is 15.1. The number of Topliss-reactive ketones (excluding diaryl/α,β-unsaturated/α-hetero) is 1. The number of quaternary nitrogens is 1. The number of hydrogen-bond donors (Lipinski definition) is 6. The smallest absolute Gasteiger partial charge is 0.352 e. The number of aromatic nitrogens is 1. The summed E-state index contributed by atoms with van der Waals surface area (Å²) in [5.74, 6) is -5.39. The van der Waals surface area contributed by atoms with Crippen LogP contribution in [0.3, 0.4) is 0 Å². The highest BCUT2D eigenvalue weighted by atomic mass is 32.2. The largest absolute Gasteiger partial charge is 0.504 e. The molecule has 7 N–H and O–H groups in total. The highest BCUT2D eigenvalue weighted by molar-refractivity contribution is 8.00. The van der Waals surface area contributed by atoms with Crippen molar-refractivity contribution in [2.45, 2.75) is 37.7 Å². The van der Waals surface area contributed by atoms with Gasteiger partial charge in [-0.1, -0.05) is 5.16 Å². The minimum absolute atomic E-state index is 0.0745. The zero-order valence-electron chi connectivity index (χ0n) is 25.8. The van der Waals surface area contributed by atoms with Crippen LogP contribution >= 0.6 is 23.1 Å². The number of nitrogens with two attached hydrogens (primary N) is 1. The number of amides is 2. The fourth-order valence-corrected chi connectivity index (χ4v) is 8.05. The van der Waals surface area contributed by atoms with Crippen molar-refractivity contribution in [3.8, 4) is 11.5 Å². The molecule has 0 saturated carbocycles. The van der Waals surface area contributed by atoms with E-state index in [1.165, 1.54) is 47.2 Å². The van der Waals surface area contributed by atoms with E-state index in [2.05, 4.69) is 15.5 Å². The van der Waals surface area contributed by atoms with E-state index in [9.17, 15) is 39.3 Å². The average molecular weight is 704 g/mol. The quantitative estimate of drug-likeness (QED) is 0.0534. The average Bonchev–Trinajstić information content (AvgIpc) is 3.69. The zero-order valence-corrected chi connectivity index (χ0v) is 27.5. The number of phenolic OH excluding ortho intramolecular Hbond substituents is 2. The predicted octanol–water partition coefficient (Wildman–Crippen LogP) is 1.20. The molecule has 3 aliphatic heterocycles. The number of nitrogen functional groups attached to an aromatic ring is 1. The van der Waals surface area contributed by atoms with Gasteiger partial charge in [-0.25, -0.2) is 14.6 Å². The third kappa shape index (κ3) is 7.24. The van der Waals surface area contributed by atoms with Crippen molar-refractivity contribution in [3.05, 3.63) is 46.1 Å². The third-order valence-corrected chi connectivity index (χ3v) is 10.7. The summed E-state index contributed by atoms with van der Waals surface area (Å²) < 4.78 is 0.522. The van der Waals surface area contributed by atoms with E-state index in [-0.39, 0.29) is 46.5 Å². The monoisotopic (exact) mass is 703 g/mol. The normalized spacial score (nSPS) is 20.9. The summed E-state index contributed by atoms with van der Waals surface area (Å²) in [5, 5.41) is 46.2. The molecule has 1 aromatic carbocycles. The van der Waals surface area contributed by atoms with E-state index >= 15 is 0 Å². The molecule has 1 aromatic heterocycles. The van der Waals surface area contributed by atoms with Gasteiger partial charge >= 0.3 is 11.9 Å². The van der Waals surface area contributed by atoms with Crippen LogP contribution in [0.5, 0.6) is 11.5 Å². The maximum atomic E-state index is 13.4. The van der Waals surface area contributed by atoms with Crippen LogP contribution < -0.4 is 11.1 Å². The number of carbonyl (C=O) groups is 5. The van der Waals surface area contributed by atoms with E-state index < -0.39 is 52.7 Å². The maximum absolute atomic E-state index is 13.4. The number of hydrogen-bond acceptors (Lipinski definition) is 13. The molecule has 256 valence electrons. The van der Waals surface area contributed by atoms with Crippen LogP contribution in [0.25, 0.3) is 0 Å². The van der Waals surface area contributed by atoms with E-state index in [0.29, 0.717) is 28.9 Å². The summed E-state index contributed by atoms with van der Waals surface area (Å²) in [7, 11) is 0. The fraction of sp³-hybridized carbons (Fsp3) is 0.433. The fourth-order valence-electron chi connectivity index (χ4n) is 6.09. The number of carboxylic acid groups (broad SMARTS) is 2. The third-order valence-electron chi connectivity index (χ3n) is 8.59. The maximum Gasteiger partial charge on any atom is 0.352 e. The number of likely N-dealkylation sites (tertiary alicyclic amines) is 1. The molecule has 0 radical (unpaired) electrons. The van der Waals surface area contributed by atoms with Crippen molar-refractivity contribution >= 4 is 63.5 Å². The van der Waals surface area contributed by atoms with Crippen LogP contribution in [0.4, 0.5) is 5.13 Å². The molecular formula is C30H35N6O10S2+. The van der Waals surface area contributed by atoms with Gasteiger partial charge in [0.05, 0.1) is 37.5 Å². The van der Waals surface area contributed by atoms with Crippen molar-refractivity contribution in [2.24, 2.45) is 11.1 Å². The number of aromatic hydroxyl groups is 2. The number of carbonyl (C=O) groups excluding carboxylic acids is 3. The Morgan fingerprint density at radius 1 is 1.19 bits per heavy atom. The van der Waals surface area contributed by atoms with E-state index in [0.717, 1.165) is 37.3 Å². The van der Waals surface area contributed by atoms with E-state index in [1.807, 2.05) is 0 Å². The molecular weight excluding hydrogens is 668 g/mol. The van der Waals surface area contributed by atoms with Gasteiger partial charge in [0.2, 0.25) is 12.0 Å². The predicted molar refractivity (Wildman–Crippen MR) is 173 cm³/mol. The number of nitrogens with one attached hydrogen (secondary N) is 1. The Bertz CT molecular complexity index is 1700. The first-order valence-corrected chi connectivity index (χ1v) is 17.0. The number of β-lactam (4-membered cyclic amide) rings is 1. The Kier molecular flexibility index (Phi) is 10.3. The van der Waals surface area contributed by atoms with Crippen LogP contribution in [-0.4, -0.2) is 120 Å². The number of carboxylic acids is 2. The van der Waals surface area contributed by atoms with Crippen LogP contribution in [-0.2, 0) is 24.0 Å². The Labute approximate surface area is 282 Å². The summed E-state index contributed by atoms with van der Waals surface area (Å²) in [6.07, 6.45) is 0.157. The van der Waals surface area contributed by atoms with Gasteiger partial charge in [-0.3, -0.25) is 19.3 Å². The van der Waals surface area contributed by atoms with Gasteiger partial charge in [-0.2, -0.15) is 0 Å². The molecule has 0 aliphatic carbocycles. The number of phenols is 2. The standard InChI is InChI=1S/C30H34N6O10S2/c1-15(28(42)43)46-34-23(19-14-48-30(31)33-19)22(39)11-18-26(41)35-24(29(44)45)17(13-47-27(18)35)12-36(7-2-3-8-36)9-6-32-25(40)16-4-5-20(37)21(38)10-16/h4-5,10,14-15,18,27H,2-3,6-9,11-13H2,1H3,(H6-,31,32,33,34,37,38,39,40,42,43,44,45)/p+1. The first kappa shape index (κ1) is 34.6. The lowest BCUT2D eigenvalue weighted by Crippen LogP contribution is -2.63. The molecule has 3 unspecified atom stereocenters. The number of nitrogens with zero attached hydrogens (tertiary/aromatic N) is 4.